The molecule has 3 rings (SSSR count). The van der Waals surface area contributed by atoms with Crippen molar-refractivity contribution in [3.8, 4) is 5.75 Å². The molecule has 0 saturated heterocycles. The lowest BCUT2D eigenvalue weighted by molar-refractivity contribution is 0.0600. The molecule has 7 heteroatoms. The zero-order chi connectivity index (χ0) is 20.5. The molecule has 0 spiro atoms. The van der Waals surface area contributed by atoms with Crippen LogP contribution in [0.4, 0.5) is 5.69 Å². The highest BCUT2D eigenvalue weighted by Gasteiger charge is 2.34. The lowest BCUT2D eigenvalue weighted by atomic mass is 9.89. The normalized spacial score (nSPS) is 17.1. The van der Waals surface area contributed by atoms with Crippen molar-refractivity contribution in [3.05, 3.63) is 58.1 Å². The maximum absolute atomic E-state index is 11.8. The summed E-state index contributed by atoms with van der Waals surface area (Å²) in [5, 5.41) is 7.33. The molecule has 0 aliphatic carbocycles. The summed E-state index contributed by atoms with van der Waals surface area (Å²) in [7, 11) is 1.34. The molecule has 28 heavy (non-hydrogen) atoms. The van der Waals surface area contributed by atoms with Gasteiger partial charge in [-0.2, -0.15) is 0 Å². The maximum Gasteiger partial charge on any atom is 0.337 e. The Balaban J connectivity index is 1.80. The van der Waals surface area contributed by atoms with E-state index in [2.05, 4.69) is 30.5 Å². The molecular weight excluding hydrogens is 396 g/mol. The van der Waals surface area contributed by atoms with E-state index in [1.165, 1.54) is 7.11 Å². The Morgan fingerprint density at radius 1 is 1.29 bits per heavy atom. The van der Waals surface area contributed by atoms with Gasteiger partial charge in [0.1, 0.15) is 11.4 Å². The fourth-order valence-corrected chi connectivity index (χ4v) is 3.70. The van der Waals surface area contributed by atoms with Crippen molar-refractivity contribution in [1.82, 2.24) is 5.32 Å². The number of thiocarbonyl (C=S) groups is 1. The number of hydrogen-bond acceptors (Lipinski definition) is 4. The van der Waals surface area contributed by atoms with E-state index in [1.54, 1.807) is 18.2 Å². The Morgan fingerprint density at radius 2 is 2.04 bits per heavy atom. The summed E-state index contributed by atoms with van der Waals surface area (Å²) in [5.41, 5.74) is 2.83. The SMILES string of the molecule is COC(=O)c1ccc(Cl)c(NC(=S)NC2CC(C)(C)Oc3ccc(C)cc32)c1. The molecule has 1 heterocycles. The van der Waals surface area contributed by atoms with Gasteiger partial charge in [-0.05, 0) is 57.3 Å². The van der Waals surface area contributed by atoms with Gasteiger partial charge in [0.25, 0.3) is 0 Å². The van der Waals surface area contributed by atoms with E-state index < -0.39 is 5.97 Å². The molecule has 0 amide bonds. The summed E-state index contributed by atoms with van der Waals surface area (Å²) in [6.45, 7) is 6.15. The zero-order valence-corrected chi connectivity index (χ0v) is 17.8. The third-order valence-electron chi connectivity index (χ3n) is 4.56. The number of anilines is 1. The van der Waals surface area contributed by atoms with Gasteiger partial charge >= 0.3 is 5.97 Å². The average Bonchev–Trinajstić information content (AvgIpc) is 2.62. The smallest absolute Gasteiger partial charge is 0.337 e. The van der Waals surface area contributed by atoms with Crippen LogP contribution in [0.5, 0.6) is 5.75 Å². The molecular formula is C21H23ClN2O3S. The topological polar surface area (TPSA) is 59.6 Å². The van der Waals surface area contributed by atoms with Crippen LogP contribution in [0.15, 0.2) is 36.4 Å². The predicted octanol–water partition coefficient (Wildman–Crippen LogP) is 5.02. The van der Waals surface area contributed by atoms with Crippen molar-refractivity contribution in [1.29, 1.82) is 0 Å². The van der Waals surface area contributed by atoms with Gasteiger partial charge in [0.05, 0.1) is 29.4 Å². The molecule has 148 valence electrons. The molecule has 0 fully saturated rings. The number of aryl methyl sites for hydroxylation is 1. The van der Waals surface area contributed by atoms with Gasteiger partial charge in [-0.1, -0.05) is 29.3 Å². The quantitative estimate of drug-likeness (QED) is 0.539. The van der Waals surface area contributed by atoms with Crippen molar-refractivity contribution >= 4 is 40.6 Å². The third-order valence-corrected chi connectivity index (χ3v) is 5.11. The summed E-state index contributed by atoms with van der Waals surface area (Å²) >= 11 is 11.8. The fourth-order valence-electron chi connectivity index (χ4n) is 3.29. The molecule has 1 aliphatic heterocycles. The Hall–Kier alpha value is -2.31. The van der Waals surface area contributed by atoms with Gasteiger partial charge in [-0.15, -0.1) is 0 Å². The summed E-state index contributed by atoms with van der Waals surface area (Å²) in [6, 6.07) is 11.0. The van der Waals surface area contributed by atoms with E-state index in [0.29, 0.717) is 21.4 Å². The van der Waals surface area contributed by atoms with E-state index in [0.717, 1.165) is 23.3 Å². The minimum atomic E-state index is -0.436. The standard InChI is InChI=1S/C21H23ClN2O3S/c1-12-5-8-18-14(9-12)17(11-21(2,3)27-18)24-20(28)23-16-10-13(19(25)26-4)6-7-15(16)22/h5-10,17H,11H2,1-4H3,(H2,23,24,28). The lowest BCUT2D eigenvalue weighted by Gasteiger charge is -2.38. The van der Waals surface area contributed by atoms with E-state index in [9.17, 15) is 4.79 Å². The molecule has 2 aromatic carbocycles. The Kier molecular flexibility index (Phi) is 5.82. The number of carbonyl (C=O) groups is 1. The molecule has 2 aromatic rings. The minimum Gasteiger partial charge on any atom is -0.487 e. The molecule has 0 saturated carbocycles. The van der Waals surface area contributed by atoms with Crippen LogP contribution in [0.1, 0.15) is 47.8 Å². The van der Waals surface area contributed by atoms with Crippen LogP contribution in [0.2, 0.25) is 5.02 Å². The lowest BCUT2D eigenvalue weighted by Crippen LogP contribution is -2.42. The fraction of sp³-hybridized carbons (Fsp3) is 0.333. The summed E-state index contributed by atoms with van der Waals surface area (Å²) in [4.78, 5) is 11.8. The number of halogens is 1. The Labute approximate surface area is 175 Å². The van der Waals surface area contributed by atoms with E-state index in [4.69, 9.17) is 33.3 Å². The molecule has 2 N–H and O–H groups in total. The average molecular weight is 419 g/mol. The molecule has 1 unspecified atom stereocenters. The second kappa shape index (κ2) is 7.97. The number of hydrogen-bond donors (Lipinski definition) is 2. The monoisotopic (exact) mass is 418 g/mol. The highest BCUT2D eigenvalue weighted by Crippen LogP contribution is 2.40. The number of carbonyl (C=O) groups excluding carboxylic acids is 1. The molecule has 1 aliphatic rings. The zero-order valence-electron chi connectivity index (χ0n) is 16.3. The van der Waals surface area contributed by atoms with E-state index in [1.807, 2.05) is 19.1 Å². The molecule has 0 radical (unpaired) electrons. The number of fused-ring (bicyclic) bond motifs is 1. The predicted molar refractivity (Wildman–Crippen MR) is 115 cm³/mol. The highest BCUT2D eigenvalue weighted by atomic mass is 35.5. The van der Waals surface area contributed by atoms with Gasteiger partial charge in [0.2, 0.25) is 0 Å². The summed E-state index contributed by atoms with van der Waals surface area (Å²) in [5.74, 6) is 0.419. The number of benzene rings is 2. The maximum atomic E-state index is 11.8. The Morgan fingerprint density at radius 3 is 2.75 bits per heavy atom. The van der Waals surface area contributed by atoms with Gasteiger partial charge in [0, 0.05) is 12.0 Å². The Bertz CT molecular complexity index is 930. The van der Waals surface area contributed by atoms with Gasteiger partial charge in [-0.3, -0.25) is 0 Å². The molecule has 1 atom stereocenters. The molecule has 0 aromatic heterocycles. The first kappa shape index (κ1) is 20.4. The molecule has 0 bridgehead atoms. The van der Waals surface area contributed by atoms with E-state index in [-0.39, 0.29) is 11.6 Å². The third kappa shape index (κ3) is 4.56. The minimum absolute atomic E-state index is 0.0128. The van der Waals surface area contributed by atoms with Crippen LogP contribution in [0.3, 0.4) is 0 Å². The van der Waals surface area contributed by atoms with Gasteiger partial charge in [0.15, 0.2) is 5.11 Å². The number of methoxy groups -OCH3 is 1. The largest absolute Gasteiger partial charge is 0.487 e. The van der Waals surface area contributed by atoms with Crippen LogP contribution in [0, 0.1) is 6.92 Å². The first-order valence-electron chi connectivity index (χ1n) is 8.93. The summed E-state index contributed by atoms with van der Waals surface area (Å²) < 4.78 is 10.9. The van der Waals surface area contributed by atoms with Crippen molar-refractivity contribution < 1.29 is 14.3 Å². The van der Waals surface area contributed by atoms with Crippen molar-refractivity contribution in [2.24, 2.45) is 0 Å². The van der Waals surface area contributed by atoms with Crippen LogP contribution in [-0.2, 0) is 4.74 Å². The van der Waals surface area contributed by atoms with Crippen molar-refractivity contribution in [2.75, 3.05) is 12.4 Å². The molecule has 5 nitrogen and oxygen atoms in total. The highest BCUT2D eigenvalue weighted by molar-refractivity contribution is 7.80. The van der Waals surface area contributed by atoms with Crippen molar-refractivity contribution in [3.63, 3.8) is 0 Å². The van der Waals surface area contributed by atoms with Crippen LogP contribution in [-0.4, -0.2) is 23.8 Å². The summed E-state index contributed by atoms with van der Waals surface area (Å²) in [6.07, 6.45) is 0.751. The second-order valence-electron chi connectivity index (χ2n) is 7.44. The van der Waals surface area contributed by atoms with Crippen LogP contribution < -0.4 is 15.4 Å². The second-order valence-corrected chi connectivity index (χ2v) is 8.26. The van der Waals surface area contributed by atoms with Crippen LogP contribution in [0.25, 0.3) is 0 Å². The van der Waals surface area contributed by atoms with Gasteiger partial charge < -0.3 is 20.1 Å². The number of nitrogens with one attached hydrogen (secondary N) is 2. The number of rotatable bonds is 3. The van der Waals surface area contributed by atoms with Crippen LogP contribution >= 0.6 is 23.8 Å². The van der Waals surface area contributed by atoms with Crippen molar-refractivity contribution in [2.45, 2.75) is 38.8 Å². The van der Waals surface area contributed by atoms with Gasteiger partial charge in [-0.25, -0.2) is 4.79 Å². The number of ether oxygens (including phenoxy) is 2. The number of esters is 1. The van der Waals surface area contributed by atoms with E-state index >= 15 is 0 Å². The first-order valence-corrected chi connectivity index (χ1v) is 9.72. The first-order chi connectivity index (χ1) is 13.2.